The zero-order chi connectivity index (χ0) is 14.7. The van der Waals surface area contributed by atoms with Crippen LogP contribution < -0.4 is 5.32 Å². The van der Waals surface area contributed by atoms with Gasteiger partial charge in [-0.25, -0.2) is 4.79 Å². The van der Waals surface area contributed by atoms with Crippen molar-refractivity contribution in [3.63, 3.8) is 0 Å². The molecule has 0 aliphatic rings. The van der Waals surface area contributed by atoms with Crippen molar-refractivity contribution < 1.29 is 9.53 Å². The summed E-state index contributed by atoms with van der Waals surface area (Å²) >= 11 is 8.62. The van der Waals surface area contributed by atoms with Crippen molar-refractivity contribution >= 4 is 54.9 Å². The summed E-state index contributed by atoms with van der Waals surface area (Å²) in [5, 5.41) is 3.35. The second kappa shape index (κ2) is 6.74. The fraction of sp³-hybridized carbons (Fsp3) is 0.214. The van der Waals surface area contributed by atoms with Gasteiger partial charge < -0.3 is 10.1 Å². The zero-order valence-electron chi connectivity index (χ0n) is 11.0. The highest BCUT2D eigenvalue weighted by Gasteiger charge is 2.12. The lowest BCUT2D eigenvalue weighted by atomic mass is 10.1. The van der Waals surface area contributed by atoms with Crippen LogP contribution in [0.3, 0.4) is 0 Å². The van der Waals surface area contributed by atoms with E-state index in [0.717, 1.165) is 19.5 Å². The van der Waals surface area contributed by atoms with Crippen LogP contribution in [0.2, 0.25) is 0 Å². The molecule has 0 fully saturated rings. The van der Waals surface area contributed by atoms with Gasteiger partial charge in [-0.1, -0.05) is 6.07 Å². The largest absolute Gasteiger partial charge is 0.465 e. The number of thiophene rings is 1. The highest BCUT2D eigenvalue weighted by Crippen LogP contribution is 2.33. The topological polar surface area (TPSA) is 38.3 Å². The minimum atomic E-state index is -0.312. The van der Waals surface area contributed by atoms with E-state index in [0.29, 0.717) is 12.1 Å². The molecule has 0 amide bonds. The van der Waals surface area contributed by atoms with Gasteiger partial charge in [0.25, 0.3) is 0 Å². The highest BCUT2D eigenvalue weighted by atomic mass is 79.9. The van der Waals surface area contributed by atoms with E-state index in [1.165, 1.54) is 12.0 Å². The molecule has 0 atom stereocenters. The van der Waals surface area contributed by atoms with Gasteiger partial charge in [0.1, 0.15) is 0 Å². The fourth-order valence-corrected chi connectivity index (χ4v) is 3.94. The second-order valence-electron chi connectivity index (χ2n) is 4.16. The Kier molecular flexibility index (Phi) is 5.23. The molecular weight excluding hydrogens is 406 g/mol. The molecule has 1 heterocycles. The van der Waals surface area contributed by atoms with E-state index in [4.69, 9.17) is 4.74 Å². The van der Waals surface area contributed by atoms with Gasteiger partial charge in [-0.05, 0) is 62.5 Å². The lowest BCUT2D eigenvalue weighted by Crippen LogP contribution is -2.07. The molecule has 1 N–H and O–H groups in total. The average molecular weight is 419 g/mol. The van der Waals surface area contributed by atoms with Crippen LogP contribution in [0.15, 0.2) is 32.5 Å². The van der Waals surface area contributed by atoms with Gasteiger partial charge in [0, 0.05) is 21.6 Å². The van der Waals surface area contributed by atoms with Crippen molar-refractivity contribution in [3.05, 3.63) is 48.5 Å². The molecule has 0 saturated carbocycles. The molecule has 0 spiro atoms. The van der Waals surface area contributed by atoms with Crippen LogP contribution in [-0.2, 0) is 11.3 Å². The third kappa shape index (κ3) is 3.42. The second-order valence-corrected chi connectivity index (χ2v) is 7.47. The molecule has 0 aliphatic carbocycles. The van der Waals surface area contributed by atoms with Crippen molar-refractivity contribution in [2.24, 2.45) is 0 Å². The lowest BCUT2D eigenvalue weighted by molar-refractivity contribution is 0.0600. The summed E-state index contributed by atoms with van der Waals surface area (Å²) in [5.74, 6) is -0.312. The van der Waals surface area contributed by atoms with Crippen LogP contribution in [0.4, 0.5) is 5.69 Å². The number of hydrogen-bond donors (Lipinski definition) is 1. The summed E-state index contributed by atoms with van der Waals surface area (Å²) in [4.78, 5) is 12.8. The maximum Gasteiger partial charge on any atom is 0.338 e. The molecule has 0 aliphatic heterocycles. The molecule has 2 aromatic rings. The fourth-order valence-electron chi connectivity index (χ4n) is 1.82. The van der Waals surface area contributed by atoms with Crippen LogP contribution in [0, 0.1) is 6.92 Å². The summed E-state index contributed by atoms with van der Waals surface area (Å²) in [6.07, 6.45) is 0. The van der Waals surface area contributed by atoms with Crippen LogP contribution in [0.1, 0.15) is 20.8 Å². The predicted octanol–water partition coefficient (Wildman–Crippen LogP) is 4.98. The van der Waals surface area contributed by atoms with E-state index < -0.39 is 0 Å². The molecular formula is C14H13Br2NO2S. The summed E-state index contributed by atoms with van der Waals surface area (Å²) in [7, 11) is 1.39. The summed E-state index contributed by atoms with van der Waals surface area (Å²) in [6.45, 7) is 2.62. The van der Waals surface area contributed by atoms with Gasteiger partial charge in [-0.3, -0.25) is 0 Å². The van der Waals surface area contributed by atoms with E-state index in [1.54, 1.807) is 17.4 Å². The minimum Gasteiger partial charge on any atom is -0.465 e. The SMILES string of the molecule is COC(=O)c1cccc(NCc2cc(Br)c(Br)s2)c1C. The molecule has 20 heavy (non-hydrogen) atoms. The predicted molar refractivity (Wildman–Crippen MR) is 89.6 cm³/mol. The number of carbonyl (C=O) groups is 1. The normalized spacial score (nSPS) is 10.4. The van der Waals surface area contributed by atoms with Gasteiger partial charge in [-0.2, -0.15) is 0 Å². The Bertz CT molecular complexity index is 621. The van der Waals surface area contributed by atoms with E-state index in [-0.39, 0.29) is 5.97 Å². The van der Waals surface area contributed by atoms with Gasteiger partial charge in [0.15, 0.2) is 0 Å². The van der Waals surface area contributed by atoms with E-state index in [2.05, 4.69) is 43.2 Å². The standard InChI is InChI=1S/C14H13Br2NO2S/c1-8-10(14(18)19-2)4-3-5-12(8)17-7-9-6-11(15)13(16)20-9/h3-6,17H,7H2,1-2H3. The molecule has 0 saturated heterocycles. The number of hydrogen-bond acceptors (Lipinski definition) is 4. The number of benzene rings is 1. The smallest absolute Gasteiger partial charge is 0.338 e. The molecule has 106 valence electrons. The van der Waals surface area contributed by atoms with Crippen LogP contribution in [0.25, 0.3) is 0 Å². The molecule has 0 unspecified atom stereocenters. The molecule has 0 radical (unpaired) electrons. The maximum absolute atomic E-state index is 11.6. The van der Waals surface area contributed by atoms with Gasteiger partial charge in [0.2, 0.25) is 0 Å². The maximum atomic E-state index is 11.6. The van der Waals surface area contributed by atoms with Crippen LogP contribution >= 0.6 is 43.2 Å². The van der Waals surface area contributed by atoms with Gasteiger partial charge >= 0.3 is 5.97 Å². The monoisotopic (exact) mass is 417 g/mol. The third-order valence-corrected chi connectivity index (χ3v) is 6.14. The first kappa shape index (κ1) is 15.5. The number of halogens is 2. The van der Waals surface area contributed by atoms with Crippen molar-refractivity contribution in [1.82, 2.24) is 0 Å². The first-order chi connectivity index (χ1) is 9.52. The Morgan fingerprint density at radius 3 is 2.75 bits per heavy atom. The molecule has 1 aromatic carbocycles. The Morgan fingerprint density at radius 1 is 1.40 bits per heavy atom. The van der Waals surface area contributed by atoms with Gasteiger partial charge in [-0.15, -0.1) is 11.3 Å². The van der Waals surface area contributed by atoms with Crippen LogP contribution in [-0.4, -0.2) is 13.1 Å². The Balaban J connectivity index is 2.15. The number of nitrogens with one attached hydrogen (secondary N) is 1. The molecule has 6 heteroatoms. The number of anilines is 1. The number of rotatable bonds is 4. The van der Waals surface area contributed by atoms with Crippen molar-refractivity contribution in [1.29, 1.82) is 0 Å². The van der Waals surface area contributed by atoms with E-state index >= 15 is 0 Å². The Morgan fingerprint density at radius 2 is 2.15 bits per heavy atom. The third-order valence-electron chi connectivity index (χ3n) is 2.89. The van der Waals surface area contributed by atoms with Crippen molar-refractivity contribution in [2.75, 3.05) is 12.4 Å². The molecule has 0 bridgehead atoms. The van der Waals surface area contributed by atoms with Crippen molar-refractivity contribution in [2.45, 2.75) is 13.5 Å². The first-order valence-electron chi connectivity index (χ1n) is 5.88. The van der Waals surface area contributed by atoms with Crippen LogP contribution in [0.5, 0.6) is 0 Å². The minimum absolute atomic E-state index is 0.312. The Hall–Kier alpha value is -0.850. The summed E-state index contributed by atoms with van der Waals surface area (Å²) in [5.41, 5.74) is 2.42. The lowest BCUT2D eigenvalue weighted by Gasteiger charge is -2.11. The Labute approximate surface area is 138 Å². The first-order valence-corrected chi connectivity index (χ1v) is 8.28. The average Bonchev–Trinajstić information content (AvgIpc) is 2.76. The number of methoxy groups -OCH3 is 1. The zero-order valence-corrected chi connectivity index (χ0v) is 15.0. The number of carbonyl (C=O) groups excluding carboxylic acids is 1. The highest BCUT2D eigenvalue weighted by molar-refractivity contribution is 9.13. The molecule has 1 aromatic heterocycles. The number of esters is 1. The molecule has 2 rings (SSSR count). The molecule has 3 nitrogen and oxygen atoms in total. The van der Waals surface area contributed by atoms with E-state index in [9.17, 15) is 4.79 Å². The van der Waals surface area contributed by atoms with E-state index in [1.807, 2.05) is 19.1 Å². The summed E-state index contributed by atoms with van der Waals surface area (Å²) in [6, 6.07) is 7.65. The number of ether oxygens (including phenoxy) is 1. The van der Waals surface area contributed by atoms with Gasteiger partial charge in [0.05, 0.1) is 16.5 Å². The van der Waals surface area contributed by atoms with Crippen molar-refractivity contribution in [3.8, 4) is 0 Å². The quantitative estimate of drug-likeness (QED) is 0.711. The summed E-state index contributed by atoms with van der Waals surface area (Å²) < 4.78 is 6.91.